The SMILES string of the molecule is O=C(NCCc1noc(C2CC2)n1)c1cc(CN2CCOCC2)on1. The number of hydrogen-bond acceptors (Lipinski definition) is 8. The molecule has 4 rings (SSSR count). The summed E-state index contributed by atoms with van der Waals surface area (Å²) in [5.74, 6) is 2.19. The summed E-state index contributed by atoms with van der Waals surface area (Å²) in [6.45, 7) is 4.22. The molecule has 0 unspecified atom stereocenters. The van der Waals surface area contributed by atoms with Gasteiger partial charge in [-0.3, -0.25) is 9.69 Å². The van der Waals surface area contributed by atoms with E-state index in [0.29, 0.717) is 42.9 Å². The van der Waals surface area contributed by atoms with Crippen molar-refractivity contribution in [3.8, 4) is 0 Å². The molecule has 0 atom stereocenters. The Labute approximate surface area is 144 Å². The molecule has 2 aliphatic rings. The van der Waals surface area contributed by atoms with Crippen molar-refractivity contribution in [2.24, 2.45) is 0 Å². The van der Waals surface area contributed by atoms with Crippen molar-refractivity contribution >= 4 is 5.91 Å². The second kappa shape index (κ2) is 7.32. The van der Waals surface area contributed by atoms with Crippen LogP contribution in [-0.2, 0) is 17.7 Å². The van der Waals surface area contributed by atoms with Gasteiger partial charge in [0.15, 0.2) is 17.3 Å². The average Bonchev–Trinajstić information content (AvgIpc) is 3.19. The summed E-state index contributed by atoms with van der Waals surface area (Å²) >= 11 is 0. The molecule has 2 aromatic rings. The van der Waals surface area contributed by atoms with Crippen molar-refractivity contribution in [3.05, 3.63) is 29.2 Å². The van der Waals surface area contributed by atoms with Crippen molar-refractivity contribution in [1.82, 2.24) is 25.5 Å². The summed E-state index contributed by atoms with van der Waals surface area (Å²) in [6, 6.07) is 1.68. The maximum atomic E-state index is 12.1. The number of hydrogen-bond donors (Lipinski definition) is 1. The summed E-state index contributed by atoms with van der Waals surface area (Å²) < 4.78 is 15.8. The number of morpholine rings is 1. The lowest BCUT2D eigenvalue weighted by Crippen LogP contribution is -2.35. The molecule has 0 bridgehead atoms. The molecule has 9 nitrogen and oxygen atoms in total. The lowest BCUT2D eigenvalue weighted by Gasteiger charge is -2.25. The van der Waals surface area contributed by atoms with Crippen LogP contribution in [0.1, 0.15) is 46.7 Å². The van der Waals surface area contributed by atoms with Crippen molar-refractivity contribution in [2.45, 2.75) is 31.7 Å². The molecule has 134 valence electrons. The number of amides is 1. The molecule has 2 aromatic heterocycles. The van der Waals surface area contributed by atoms with Gasteiger partial charge in [0, 0.05) is 38.0 Å². The van der Waals surface area contributed by atoms with Gasteiger partial charge in [0.2, 0.25) is 5.89 Å². The molecule has 1 saturated heterocycles. The Morgan fingerprint density at radius 3 is 2.88 bits per heavy atom. The lowest BCUT2D eigenvalue weighted by molar-refractivity contribution is 0.0305. The van der Waals surface area contributed by atoms with Gasteiger partial charge in [-0.15, -0.1) is 0 Å². The zero-order valence-electron chi connectivity index (χ0n) is 13.9. The molecule has 1 saturated carbocycles. The Balaban J connectivity index is 1.23. The second-order valence-electron chi connectivity index (χ2n) is 6.40. The molecule has 3 heterocycles. The number of nitrogens with zero attached hydrogens (tertiary/aromatic N) is 4. The van der Waals surface area contributed by atoms with Crippen molar-refractivity contribution < 1.29 is 18.6 Å². The normalized spacial score (nSPS) is 18.4. The fourth-order valence-corrected chi connectivity index (χ4v) is 2.72. The number of ether oxygens (including phenoxy) is 1. The average molecular weight is 347 g/mol. The minimum Gasteiger partial charge on any atom is -0.379 e. The van der Waals surface area contributed by atoms with Crippen molar-refractivity contribution in [1.29, 1.82) is 0 Å². The first kappa shape index (κ1) is 16.2. The van der Waals surface area contributed by atoms with Gasteiger partial charge in [-0.2, -0.15) is 4.98 Å². The first-order chi connectivity index (χ1) is 12.3. The van der Waals surface area contributed by atoms with E-state index in [0.717, 1.165) is 39.1 Å². The van der Waals surface area contributed by atoms with E-state index < -0.39 is 0 Å². The number of rotatable bonds is 7. The molecule has 1 N–H and O–H groups in total. The molecular formula is C16H21N5O4. The quantitative estimate of drug-likeness (QED) is 0.781. The van der Waals surface area contributed by atoms with Gasteiger partial charge < -0.3 is 19.1 Å². The molecule has 0 radical (unpaired) electrons. The van der Waals surface area contributed by atoms with E-state index in [9.17, 15) is 4.79 Å². The standard InChI is InChI=1S/C16H21N5O4/c22-15(17-4-3-14-18-16(25-20-14)11-1-2-11)13-9-12(24-19-13)10-21-5-7-23-8-6-21/h9,11H,1-8,10H2,(H,17,22). The van der Waals surface area contributed by atoms with E-state index in [2.05, 4.69) is 25.5 Å². The molecule has 1 amide bonds. The summed E-state index contributed by atoms with van der Waals surface area (Å²) in [5, 5.41) is 10.6. The highest BCUT2D eigenvalue weighted by Gasteiger charge is 2.29. The third-order valence-corrected chi connectivity index (χ3v) is 4.32. The summed E-state index contributed by atoms with van der Waals surface area (Å²) in [6.07, 6.45) is 2.77. The van der Waals surface area contributed by atoms with E-state index in [4.69, 9.17) is 13.8 Å². The Morgan fingerprint density at radius 1 is 1.24 bits per heavy atom. The lowest BCUT2D eigenvalue weighted by atomic mass is 10.3. The number of carbonyl (C=O) groups is 1. The van der Waals surface area contributed by atoms with Gasteiger partial charge in [-0.25, -0.2) is 0 Å². The molecule has 1 aliphatic heterocycles. The number of aromatic nitrogens is 3. The second-order valence-corrected chi connectivity index (χ2v) is 6.40. The van der Waals surface area contributed by atoms with Crippen LogP contribution in [0, 0.1) is 0 Å². The van der Waals surface area contributed by atoms with Gasteiger partial charge in [-0.1, -0.05) is 10.3 Å². The van der Waals surface area contributed by atoms with Gasteiger partial charge in [0.05, 0.1) is 19.8 Å². The largest absolute Gasteiger partial charge is 0.379 e. The third kappa shape index (κ3) is 4.23. The Bertz CT molecular complexity index is 718. The Kier molecular flexibility index (Phi) is 4.75. The summed E-state index contributed by atoms with van der Waals surface area (Å²) in [4.78, 5) is 18.7. The summed E-state index contributed by atoms with van der Waals surface area (Å²) in [5.41, 5.74) is 0.287. The fraction of sp³-hybridized carbons (Fsp3) is 0.625. The maximum Gasteiger partial charge on any atom is 0.273 e. The van der Waals surface area contributed by atoms with Crippen LogP contribution in [0.15, 0.2) is 15.1 Å². The van der Waals surface area contributed by atoms with Crippen LogP contribution in [0.25, 0.3) is 0 Å². The fourth-order valence-electron chi connectivity index (χ4n) is 2.72. The van der Waals surface area contributed by atoms with Crippen LogP contribution in [0.3, 0.4) is 0 Å². The van der Waals surface area contributed by atoms with Crippen LogP contribution in [0.4, 0.5) is 0 Å². The highest BCUT2D eigenvalue weighted by atomic mass is 16.5. The minimum absolute atomic E-state index is 0.261. The molecular weight excluding hydrogens is 326 g/mol. The molecule has 0 aromatic carbocycles. The van der Waals surface area contributed by atoms with Crippen LogP contribution < -0.4 is 5.32 Å². The summed E-state index contributed by atoms with van der Waals surface area (Å²) in [7, 11) is 0. The van der Waals surface area contributed by atoms with E-state index in [1.165, 1.54) is 0 Å². The smallest absolute Gasteiger partial charge is 0.273 e. The predicted octanol–water partition coefficient (Wildman–Crippen LogP) is 0.740. The topological polar surface area (TPSA) is 107 Å². The number of carbonyl (C=O) groups excluding carboxylic acids is 1. The first-order valence-electron chi connectivity index (χ1n) is 8.64. The minimum atomic E-state index is -0.261. The van der Waals surface area contributed by atoms with Crippen LogP contribution in [-0.4, -0.2) is 59.0 Å². The highest BCUT2D eigenvalue weighted by Crippen LogP contribution is 2.38. The Hall–Kier alpha value is -2.26. The monoisotopic (exact) mass is 347 g/mol. The molecule has 1 aliphatic carbocycles. The maximum absolute atomic E-state index is 12.1. The highest BCUT2D eigenvalue weighted by molar-refractivity contribution is 5.92. The van der Waals surface area contributed by atoms with E-state index >= 15 is 0 Å². The third-order valence-electron chi connectivity index (χ3n) is 4.32. The Morgan fingerprint density at radius 2 is 2.08 bits per heavy atom. The molecule has 25 heavy (non-hydrogen) atoms. The van der Waals surface area contributed by atoms with Crippen LogP contribution in [0.2, 0.25) is 0 Å². The molecule has 9 heteroatoms. The van der Waals surface area contributed by atoms with Gasteiger partial charge >= 0.3 is 0 Å². The zero-order chi connectivity index (χ0) is 17.1. The number of nitrogens with one attached hydrogen (secondary N) is 1. The van der Waals surface area contributed by atoms with Gasteiger partial charge in [0.25, 0.3) is 5.91 Å². The first-order valence-corrected chi connectivity index (χ1v) is 8.64. The van der Waals surface area contributed by atoms with E-state index in [1.807, 2.05) is 0 Å². The van der Waals surface area contributed by atoms with E-state index in [1.54, 1.807) is 6.07 Å². The molecule has 0 spiro atoms. The zero-order valence-corrected chi connectivity index (χ0v) is 13.9. The predicted molar refractivity (Wildman–Crippen MR) is 84.9 cm³/mol. The van der Waals surface area contributed by atoms with Gasteiger partial charge in [0.1, 0.15) is 0 Å². The van der Waals surface area contributed by atoms with Gasteiger partial charge in [-0.05, 0) is 12.8 Å². The van der Waals surface area contributed by atoms with Crippen molar-refractivity contribution in [3.63, 3.8) is 0 Å². The molecule has 2 fully saturated rings. The van der Waals surface area contributed by atoms with E-state index in [-0.39, 0.29) is 11.6 Å². The van der Waals surface area contributed by atoms with Crippen LogP contribution >= 0.6 is 0 Å². The van der Waals surface area contributed by atoms with Crippen LogP contribution in [0.5, 0.6) is 0 Å². The van der Waals surface area contributed by atoms with Crippen molar-refractivity contribution in [2.75, 3.05) is 32.8 Å².